The Bertz CT molecular complexity index is 1240. The average molecular weight is 464 g/mol. The second kappa shape index (κ2) is 9.86. The van der Waals surface area contributed by atoms with Crippen molar-refractivity contribution in [2.24, 2.45) is 0 Å². The molecule has 3 rings (SSSR count). The van der Waals surface area contributed by atoms with Gasteiger partial charge in [0, 0.05) is 18.3 Å². The topological polar surface area (TPSA) is 110 Å². The first-order valence-corrected chi connectivity index (χ1v) is 10.9. The first-order chi connectivity index (χ1) is 16.0. The molecule has 0 aliphatic rings. The zero-order valence-corrected chi connectivity index (χ0v) is 20.3. The highest BCUT2D eigenvalue weighted by Crippen LogP contribution is 2.23. The molecule has 0 fully saturated rings. The van der Waals surface area contributed by atoms with Crippen LogP contribution in [0, 0.1) is 44.7 Å². The Labute approximate surface area is 198 Å². The summed E-state index contributed by atoms with van der Waals surface area (Å²) in [5, 5.41) is 18.4. The molecule has 0 bridgehead atoms. The van der Waals surface area contributed by atoms with Crippen molar-refractivity contribution >= 4 is 23.2 Å². The van der Waals surface area contributed by atoms with Crippen LogP contribution < -0.4 is 5.32 Å². The zero-order valence-electron chi connectivity index (χ0n) is 20.3. The molecule has 3 aromatic rings. The first-order valence-electron chi connectivity index (χ1n) is 10.9. The van der Waals surface area contributed by atoms with E-state index in [0.29, 0.717) is 23.5 Å². The molecular formula is C25H29N5O4. The number of amides is 2. The van der Waals surface area contributed by atoms with Gasteiger partial charge < -0.3 is 10.2 Å². The van der Waals surface area contributed by atoms with E-state index in [-0.39, 0.29) is 24.0 Å². The van der Waals surface area contributed by atoms with Crippen LogP contribution in [0.25, 0.3) is 0 Å². The maximum absolute atomic E-state index is 12.8. The van der Waals surface area contributed by atoms with Crippen molar-refractivity contribution in [2.45, 2.75) is 41.2 Å². The summed E-state index contributed by atoms with van der Waals surface area (Å²) < 4.78 is 1.58. The third kappa shape index (κ3) is 5.31. The number of anilines is 1. The summed E-state index contributed by atoms with van der Waals surface area (Å²) in [6.07, 6.45) is 0. The summed E-state index contributed by atoms with van der Waals surface area (Å²) >= 11 is 0. The third-order valence-electron chi connectivity index (χ3n) is 5.73. The molecule has 9 nitrogen and oxygen atoms in total. The SMILES string of the molecule is Cc1cc(C)c(NC(=O)CN(C)C(=O)c2ccc(Cn3nc(C)c([N+](=O)[O-])c3C)cc2)c(C)c1. The fourth-order valence-electron chi connectivity index (χ4n) is 4.10. The van der Waals surface area contributed by atoms with Crippen molar-refractivity contribution in [1.82, 2.24) is 14.7 Å². The molecule has 1 aromatic heterocycles. The van der Waals surface area contributed by atoms with Crippen molar-refractivity contribution < 1.29 is 14.5 Å². The molecule has 0 unspecified atom stereocenters. The standard InChI is InChI=1S/C25H29N5O4/c1-15-11-16(2)23(17(3)12-15)26-22(31)14-28(6)25(32)21-9-7-20(8-10-21)13-29-19(5)24(30(33)34)18(4)27-29/h7-12H,13-14H2,1-6H3,(H,26,31). The van der Waals surface area contributed by atoms with Crippen LogP contribution in [0.15, 0.2) is 36.4 Å². The number of benzene rings is 2. The van der Waals surface area contributed by atoms with E-state index in [0.717, 1.165) is 27.9 Å². The molecule has 1 N–H and O–H groups in total. The fourth-order valence-corrected chi connectivity index (χ4v) is 4.10. The molecule has 0 aliphatic heterocycles. The molecule has 0 atom stereocenters. The number of hydrogen-bond donors (Lipinski definition) is 1. The number of aromatic nitrogens is 2. The number of hydrogen-bond acceptors (Lipinski definition) is 5. The number of carbonyl (C=O) groups is 2. The summed E-state index contributed by atoms with van der Waals surface area (Å²) in [5.74, 6) is -0.547. The Morgan fingerprint density at radius 2 is 1.65 bits per heavy atom. The van der Waals surface area contributed by atoms with Crippen molar-refractivity contribution in [3.8, 4) is 0 Å². The second-order valence-electron chi connectivity index (χ2n) is 8.61. The van der Waals surface area contributed by atoms with Crippen LogP contribution in [0.5, 0.6) is 0 Å². The lowest BCUT2D eigenvalue weighted by atomic mass is 10.1. The molecule has 0 radical (unpaired) electrons. The summed E-state index contributed by atoms with van der Waals surface area (Å²) in [6.45, 7) is 9.43. The van der Waals surface area contributed by atoms with E-state index in [1.165, 1.54) is 4.90 Å². The van der Waals surface area contributed by atoms with E-state index in [9.17, 15) is 19.7 Å². The molecular weight excluding hydrogens is 434 g/mol. The average Bonchev–Trinajstić information content (AvgIpc) is 3.03. The smallest absolute Gasteiger partial charge is 0.312 e. The van der Waals surface area contributed by atoms with Crippen LogP contribution in [0.2, 0.25) is 0 Å². The fraction of sp³-hybridized carbons (Fsp3) is 0.320. The van der Waals surface area contributed by atoms with Crippen LogP contribution in [0.3, 0.4) is 0 Å². The molecule has 2 aromatic carbocycles. The van der Waals surface area contributed by atoms with Crippen molar-refractivity contribution in [3.63, 3.8) is 0 Å². The van der Waals surface area contributed by atoms with Gasteiger partial charge in [0.05, 0.1) is 18.0 Å². The number of nitrogens with one attached hydrogen (secondary N) is 1. The molecule has 0 saturated carbocycles. The predicted molar refractivity (Wildman–Crippen MR) is 130 cm³/mol. The van der Waals surface area contributed by atoms with E-state index in [4.69, 9.17) is 0 Å². The normalized spacial score (nSPS) is 10.8. The highest BCUT2D eigenvalue weighted by Gasteiger charge is 2.22. The van der Waals surface area contributed by atoms with Gasteiger partial charge in [0.25, 0.3) is 5.91 Å². The molecule has 1 heterocycles. The Hall–Kier alpha value is -4.01. The summed E-state index contributed by atoms with van der Waals surface area (Å²) in [4.78, 5) is 37.5. The quantitative estimate of drug-likeness (QED) is 0.419. The lowest BCUT2D eigenvalue weighted by Gasteiger charge is -2.19. The molecule has 0 aliphatic carbocycles. The van der Waals surface area contributed by atoms with Crippen LogP contribution >= 0.6 is 0 Å². The summed E-state index contributed by atoms with van der Waals surface area (Å²) in [7, 11) is 1.58. The maximum Gasteiger partial charge on any atom is 0.312 e. The van der Waals surface area contributed by atoms with Crippen LogP contribution in [-0.2, 0) is 11.3 Å². The third-order valence-corrected chi connectivity index (χ3v) is 5.73. The van der Waals surface area contributed by atoms with Crippen LogP contribution in [-0.4, -0.2) is 45.0 Å². The lowest BCUT2D eigenvalue weighted by molar-refractivity contribution is -0.386. The molecule has 9 heteroatoms. The first kappa shape index (κ1) is 24.6. The molecule has 178 valence electrons. The largest absolute Gasteiger partial charge is 0.332 e. The molecule has 2 amide bonds. The number of nitro groups is 1. The van der Waals surface area contributed by atoms with Gasteiger partial charge in [-0.3, -0.25) is 24.4 Å². The minimum Gasteiger partial charge on any atom is -0.332 e. The zero-order chi connectivity index (χ0) is 25.2. The number of aryl methyl sites for hydroxylation is 4. The molecule has 34 heavy (non-hydrogen) atoms. The Morgan fingerprint density at radius 1 is 1.06 bits per heavy atom. The highest BCUT2D eigenvalue weighted by molar-refractivity contribution is 5.99. The van der Waals surface area contributed by atoms with E-state index >= 15 is 0 Å². The van der Waals surface area contributed by atoms with Gasteiger partial charge in [-0.15, -0.1) is 0 Å². The van der Waals surface area contributed by atoms with Gasteiger partial charge in [-0.05, 0) is 63.4 Å². The van der Waals surface area contributed by atoms with Gasteiger partial charge in [0.15, 0.2) is 0 Å². The Kier molecular flexibility index (Phi) is 7.14. The Morgan fingerprint density at radius 3 is 2.18 bits per heavy atom. The van der Waals surface area contributed by atoms with Gasteiger partial charge in [0.2, 0.25) is 5.91 Å². The van der Waals surface area contributed by atoms with Gasteiger partial charge in [0.1, 0.15) is 11.4 Å². The summed E-state index contributed by atoms with van der Waals surface area (Å²) in [5.41, 5.74) is 6.00. The van der Waals surface area contributed by atoms with Gasteiger partial charge in [-0.1, -0.05) is 29.8 Å². The van der Waals surface area contributed by atoms with Crippen LogP contribution in [0.1, 0.15) is 44.0 Å². The molecule has 0 saturated heterocycles. The minimum atomic E-state index is -0.427. The molecule has 0 spiro atoms. The summed E-state index contributed by atoms with van der Waals surface area (Å²) in [6, 6.07) is 10.9. The van der Waals surface area contributed by atoms with Crippen molar-refractivity contribution in [3.05, 3.63) is 85.7 Å². The van der Waals surface area contributed by atoms with E-state index < -0.39 is 4.92 Å². The number of nitrogens with zero attached hydrogens (tertiary/aromatic N) is 4. The highest BCUT2D eigenvalue weighted by atomic mass is 16.6. The van der Waals surface area contributed by atoms with Gasteiger partial charge in [-0.2, -0.15) is 5.10 Å². The lowest BCUT2D eigenvalue weighted by Crippen LogP contribution is -2.35. The minimum absolute atomic E-state index is 0.0164. The second-order valence-corrected chi connectivity index (χ2v) is 8.61. The monoisotopic (exact) mass is 463 g/mol. The predicted octanol–water partition coefficient (Wildman–Crippen LogP) is 4.09. The van der Waals surface area contributed by atoms with Crippen LogP contribution in [0.4, 0.5) is 11.4 Å². The van der Waals surface area contributed by atoms with Gasteiger partial charge >= 0.3 is 5.69 Å². The maximum atomic E-state index is 12.8. The van der Waals surface area contributed by atoms with E-state index in [2.05, 4.69) is 10.4 Å². The number of likely N-dealkylation sites (N-methyl/N-ethyl adjacent to an activating group) is 1. The number of rotatable bonds is 7. The van der Waals surface area contributed by atoms with Crippen molar-refractivity contribution in [2.75, 3.05) is 18.9 Å². The van der Waals surface area contributed by atoms with Gasteiger partial charge in [-0.25, -0.2) is 0 Å². The number of carbonyl (C=O) groups excluding carboxylic acids is 2. The van der Waals surface area contributed by atoms with E-state index in [1.54, 1.807) is 49.8 Å². The van der Waals surface area contributed by atoms with Crippen molar-refractivity contribution in [1.29, 1.82) is 0 Å². The Balaban J connectivity index is 1.64. The van der Waals surface area contributed by atoms with E-state index in [1.807, 2.05) is 32.9 Å².